The molecule has 1 fully saturated rings. The SMILES string of the molecule is CCN1CCN(c2ccc(Nc3ccc(-c4ccc(C(N)=O)cc4)n4ccnc34)cc2)CC1. The predicted molar refractivity (Wildman–Crippen MR) is 133 cm³/mol. The van der Waals surface area contributed by atoms with Gasteiger partial charge in [-0.2, -0.15) is 0 Å². The second-order valence-electron chi connectivity index (χ2n) is 8.29. The Balaban J connectivity index is 1.35. The Morgan fingerprint density at radius 2 is 1.70 bits per heavy atom. The number of carbonyl (C=O) groups is 1. The Kier molecular flexibility index (Phi) is 5.71. The van der Waals surface area contributed by atoms with Crippen molar-refractivity contribution >= 4 is 28.6 Å². The number of piperazine rings is 1. The van der Waals surface area contributed by atoms with Crippen molar-refractivity contribution in [2.75, 3.05) is 42.9 Å². The van der Waals surface area contributed by atoms with Crippen LogP contribution in [0.1, 0.15) is 17.3 Å². The van der Waals surface area contributed by atoms with Crippen molar-refractivity contribution in [3.63, 3.8) is 0 Å². The van der Waals surface area contributed by atoms with E-state index in [0.29, 0.717) is 5.56 Å². The number of imidazole rings is 1. The maximum Gasteiger partial charge on any atom is 0.248 e. The Morgan fingerprint density at radius 3 is 2.36 bits per heavy atom. The minimum Gasteiger partial charge on any atom is -0.369 e. The molecule has 33 heavy (non-hydrogen) atoms. The number of hydrogen-bond donors (Lipinski definition) is 2. The van der Waals surface area contributed by atoms with Gasteiger partial charge in [-0.05, 0) is 60.6 Å². The smallest absolute Gasteiger partial charge is 0.248 e. The van der Waals surface area contributed by atoms with Gasteiger partial charge >= 0.3 is 0 Å². The number of anilines is 3. The van der Waals surface area contributed by atoms with Crippen LogP contribution in [0.25, 0.3) is 16.9 Å². The number of rotatable bonds is 6. The average Bonchev–Trinajstić information content (AvgIpc) is 3.35. The molecule has 7 heteroatoms. The van der Waals surface area contributed by atoms with E-state index in [-0.39, 0.29) is 0 Å². The quantitative estimate of drug-likeness (QED) is 0.474. The van der Waals surface area contributed by atoms with Crippen molar-refractivity contribution in [3.05, 3.63) is 78.6 Å². The molecule has 0 radical (unpaired) electrons. The zero-order chi connectivity index (χ0) is 22.8. The molecule has 1 amide bonds. The molecule has 0 atom stereocenters. The summed E-state index contributed by atoms with van der Waals surface area (Å²) in [6.45, 7) is 7.71. The fourth-order valence-electron chi connectivity index (χ4n) is 4.39. The molecular weight excluding hydrogens is 412 g/mol. The van der Waals surface area contributed by atoms with Crippen LogP contribution in [-0.2, 0) is 0 Å². The molecule has 1 aliphatic heterocycles. The van der Waals surface area contributed by atoms with Gasteiger partial charge in [0, 0.05) is 55.5 Å². The van der Waals surface area contributed by atoms with Gasteiger partial charge in [0.05, 0.1) is 11.4 Å². The highest BCUT2D eigenvalue weighted by Crippen LogP contribution is 2.28. The molecule has 0 bridgehead atoms. The van der Waals surface area contributed by atoms with E-state index in [1.807, 2.05) is 28.8 Å². The summed E-state index contributed by atoms with van der Waals surface area (Å²) in [5.41, 5.74) is 11.9. The molecule has 2 aromatic carbocycles. The molecule has 168 valence electrons. The summed E-state index contributed by atoms with van der Waals surface area (Å²) >= 11 is 0. The minimum absolute atomic E-state index is 0.428. The number of benzene rings is 2. The molecule has 1 saturated heterocycles. The number of aromatic nitrogens is 2. The maximum atomic E-state index is 11.4. The normalized spacial score (nSPS) is 14.5. The van der Waals surface area contributed by atoms with Crippen molar-refractivity contribution < 1.29 is 4.79 Å². The fourth-order valence-corrected chi connectivity index (χ4v) is 4.39. The Bertz CT molecular complexity index is 1250. The lowest BCUT2D eigenvalue weighted by Gasteiger charge is -2.35. The van der Waals surface area contributed by atoms with E-state index >= 15 is 0 Å². The zero-order valence-electron chi connectivity index (χ0n) is 18.7. The third-order valence-corrected chi connectivity index (χ3v) is 6.35. The lowest BCUT2D eigenvalue weighted by Crippen LogP contribution is -2.46. The third-order valence-electron chi connectivity index (χ3n) is 6.35. The Labute approximate surface area is 193 Å². The monoisotopic (exact) mass is 440 g/mol. The van der Waals surface area contributed by atoms with Crippen LogP contribution in [0.4, 0.5) is 17.1 Å². The first kappa shape index (κ1) is 21.0. The number of carbonyl (C=O) groups excluding carboxylic acids is 1. The molecule has 0 aliphatic carbocycles. The number of likely N-dealkylation sites (N-methyl/N-ethyl adjacent to an activating group) is 1. The minimum atomic E-state index is -0.428. The van der Waals surface area contributed by atoms with Gasteiger partial charge in [-0.15, -0.1) is 0 Å². The number of fused-ring (bicyclic) bond motifs is 1. The molecule has 0 spiro atoms. The van der Waals surface area contributed by atoms with E-state index in [0.717, 1.165) is 61.0 Å². The van der Waals surface area contributed by atoms with Gasteiger partial charge in [0.15, 0.2) is 5.65 Å². The van der Waals surface area contributed by atoms with Gasteiger partial charge in [-0.3, -0.25) is 9.20 Å². The first-order chi connectivity index (χ1) is 16.1. The number of primary amides is 1. The van der Waals surface area contributed by atoms with Gasteiger partial charge < -0.3 is 20.9 Å². The van der Waals surface area contributed by atoms with E-state index < -0.39 is 5.91 Å². The van der Waals surface area contributed by atoms with Gasteiger partial charge in [0.25, 0.3) is 0 Å². The number of nitrogens with two attached hydrogens (primary N) is 1. The van der Waals surface area contributed by atoms with E-state index in [1.54, 1.807) is 18.3 Å². The van der Waals surface area contributed by atoms with Crippen molar-refractivity contribution in [1.29, 1.82) is 0 Å². The summed E-state index contributed by atoms with van der Waals surface area (Å²) in [6, 6.07) is 20.0. The van der Waals surface area contributed by atoms with Crippen molar-refractivity contribution in [3.8, 4) is 11.3 Å². The lowest BCUT2D eigenvalue weighted by atomic mass is 10.1. The van der Waals surface area contributed by atoms with Gasteiger partial charge in [0.2, 0.25) is 5.91 Å². The van der Waals surface area contributed by atoms with Gasteiger partial charge in [-0.1, -0.05) is 19.1 Å². The van der Waals surface area contributed by atoms with Crippen molar-refractivity contribution in [2.24, 2.45) is 5.73 Å². The number of pyridine rings is 1. The largest absolute Gasteiger partial charge is 0.369 e. The molecule has 0 saturated carbocycles. The van der Waals surface area contributed by atoms with Crippen LogP contribution in [0.2, 0.25) is 0 Å². The number of nitrogens with one attached hydrogen (secondary N) is 1. The molecular formula is C26H28N6O. The van der Waals surface area contributed by atoms with E-state index in [4.69, 9.17) is 5.73 Å². The third kappa shape index (κ3) is 4.27. The number of hydrogen-bond acceptors (Lipinski definition) is 5. The number of amides is 1. The van der Waals surface area contributed by atoms with E-state index in [2.05, 4.69) is 57.4 Å². The predicted octanol–water partition coefficient (Wildman–Crippen LogP) is 3.99. The maximum absolute atomic E-state index is 11.4. The van der Waals surface area contributed by atoms with Crippen LogP contribution < -0.4 is 16.0 Å². The summed E-state index contributed by atoms with van der Waals surface area (Å²) in [5.74, 6) is -0.428. The van der Waals surface area contributed by atoms with Crippen molar-refractivity contribution in [1.82, 2.24) is 14.3 Å². The van der Waals surface area contributed by atoms with E-state index in [1.165, 1.54) is 5.69 Å². The molecule has 4 aromatic rings. The lowest BCUT2D eigenvalue weighted by molar-refractivity contribution is 0.100. The highest BCUT2D eigenvalue weighted by Gasteiger charge is 2.16. The molecule has 3 heterocycles. The summed E-state index contributed by atoms with van der Waals surface area (Å²) < 4.78 is 2.04. The second kappa shape index (κ2) is 8.96. The molecule has 3 N–H and O–H groups in total. The first-order valence-corrected chi connectivity index (χ1v) is 11.3. The van der Waals surface area contributed by atoms with Gasteiger partial charge in [0.1, 0.15) is 0 Å². The fraction of sp³-hybridized carbons (Fsp3) is 0.231. The summed E-state index contributed by atoms with van der Waals surface area (Å²) in [7, 11) is 0. The number of nitrogens with zero attached hydrogens (tertiary/aromatic N) is 4. The topological polar surface area (TPSA) is 78.9 Å². The summed E-state index contributed by atoms with van der Waals surface area (Å²) in [6.07, 6.45) is 3.73. The zero-order valence-corrected chi connectivity index (χ0v) is 18.7. The van der Waals surface area contributed by atoms with Crippen molar-refractivity contribution in [2.45, 2.75) is 6.92 Å². The highest BCUT2D eigenvalue weighted by molar-refractivity contribution is 5.93. The molecule has 0 unspecified atom stereocenters. The Morgan fingerprint density at radius 1 is 0.970 bits per heavy atom. The van der Waals surface area contributed by atoms with Crippen LogP contribution in [0, 0.1) is 0 Å². The standard InChI is InChI=1S/C26H28N6O/c1-2-30-15-17-31(18-16-30)22-9-7-21(8-10-22)29-23-11-12-24(32-14-13-28-26(23)32)19-3-5-20(6-4-19)25(27)33/h3-14,29H,2,15-18H2,1H3,(H2,27,33). The van der Waals surface area contributed by atoms with Crippen LogP contribution in [0.3, 0.4) is 0 Å². The Hall–Kier alpha value is -3.84. The van der Waals surface area contributed by atoms with Crippen LogP contribution >= 0.6 is 0 Å². The second-order valence-corrected chi connectivity index (χ2v) is 8.29. The molecule has 1 aliphatic rings. The molecule has 2 aromatic heterocycles. The molecule has 5 rings (SSSR count). The average molecular weight is 441 g/mol. The van der Waals surface area contributed by atoms with Crippen LogP contribution in [0.5, 0.6) is 0 Å². The van der Waals surface area contributed by atoms with Gasteiger partial charge in [-0.25, -0.2) is 4.98 Å². The summed E-state index contributed by atoms with van der Waals surface area (Å²) in [4.78, 5) is 20.9. The highest BCUT2D eigenvalue weighted by atomic mass is 16.1. The van der Waals surface area contributed by atoms with E-state index in [9.17, 15) is 4.79 Å². The van der Waals surface area contributed by atoms with Crippen LogP contribution in [-0.4, -0.2) is 52.9 Å². The van der Waals surface area contributed by atoms with Crippen LogP contribution in [0.15, 0.2) is 73.1 Å². The first-order valence-electron chi connectivity index (χ1n) is 11.3. The molecule has 7 nitrogen and oxygen atoms in total. The summed E-state index contributed by atoms with van der Waals surface area (Å²) in [5, 5.41) is 3.51.